The molecule has 0 aliphatic rings. The molecule has 0 aliphatic heterocycles. The first-order valence-corrected chi connectivity index (χ1v) is 21.5. The highest BCUT2D eigenvalue weighted by Crippen LogP contribution is 2.43. The summed E-state index contributed by atoms with van der Waals surface area (Å²) in [6, 6.07) is 0. The Kier molecular flexibility index (Phi) is 33.0. The zero-order valence-corrected chi connectivity index (χ0v) is 34.4. The van der Waals surface area contributed by atoms with Crippen LogP contribution in [0, 0.1) is 0 Å². The molecule has 2 atom stereocenters. The number of phosphoric acid groups is 1. The first-order valence-electron chi connectivity index (χ1n) is 20.0. The number of nitrogens with zero attached hydrogens (tertiary/aromatic N) is 1. The maximum Gasteiger partial charge on any atom is 0.472 e. The molecule has 10 heteroatoms. The van der Waals surface area contributed by atoms with E-state index in [9.17, 15) is 19.0 Å². The summed E-state index contributed by atoms with van der Waals surface area (Å²) in [4.78, 5) is 35.2. The molecule has 0 aromatic rings. The fraction of sp³-hybridized carbons (Fsp3) is 0.714. The summed E-state index contributed by atoms with van der Waals surface area (Å²) < 4.78 is 34.1. The third kappa shape index (κ3) is 37.5. The first kappa shape index (κ1) is 49.7. The molecule has 0 aromatic heterocycles. The fourth-order valence-corrected chi connectivity index (χ4v) is 5.67. The minimum atomic E-state index is -4.38. The van der Waals surface area contributed by atoms with Gasteiger partial charge in [-0.3, -0.25) is 18.6 Å². The molecule has 0 radical (unpaired) electrons. The highest BCUT2D eigenvalue weighted by atomic mass is 31.2. The van der Waals surface area contributed by atoms with Crippen molar-refractivity contribution in [2.75, 3.05) is 47.5 Å². The second-order valence-corrected chi connectivity index (χ2v) is 15.7. The molecular weight excluding hydrogens is 677 g/mol. The van der Waals surface area contributed by atoms with Gasteiger partial charge in [-0.2, -0.15) is 0 Å². The standard InChI is InChI=1S/C42H74NO8P/c1-6-8-10-12-14-16-18-19-20-21-22-23-25-27-29-31-33-35-42(45)51-40(39-50-52(46,47)49-37-36-43(3,4)5)38-48-41(44)34-32-30-28-26-24-17-15-13-11-9-7-2/h8,10,14,16,19-20,22-23,27,29,40H,6-7,9,11-13,15,17-18,21,24-26,28,30-39H2,1-5H3/p+1/b10-8+,16-14+,20-19+,23-22+,29-27+/t40-/m1/s1. The summed E-state index contributed by atoms with van der Waals surface area (Å²) in [5, 5.41) is 0. The molecule has 0 rings (SSSR count). The number of carbonyl (C=O) groups excluding carboxylic acids is 2. The molecule has 0 bridgehead atoms. The number of ether oxygens (including phenoxy) is 2. The van der Waals surface area contributed by atoms with Gasteiger partial charge in [0.1, 0.15) is 19.8 Å². The van der Waals surface area contributed by atoms with E-state index >= 15 is 0 Å². The maximum atomic E-state index is 12.6. The number of hydrogen-bond donors (Lipinski definition) is 1. The van der Waals surface area contributed by atoms with Gasteiger partial charge in [-0.25, -0.2) is 4.57 Å². The lowest BCUT2D eigenvalue weighted by Gasteiger charge is -2.24. The summed E-state index contributed by atoms with van der Waals surface area (Å²) in [6.07, 6.45) is 39.9. The second-order valence-electron chi connectivity index (χ2n) is 14.3. The SMILES string of the molecule is CC/C=C/C/C=C/C/C=C/C/C=C/C/C=C/CCCC(=O)O[C@H](COC(=O)CCCCCCCCCCCCC)COP(=O)(O)OCC[N+](C)(C)C. The monoisotopic (exact) mass is 753 g/mol. The zero-order chi connectivity index (χ0) is 38.6. The number of likely N-dealkylation sites (N-methyl/N-ethyl adjacent to an activating group) is 1. The molecule has 0 spiro atoms. The van der Waals surface area contributed by atoms with Gasteiger partial charge in [0.2, 0.25) is 0 Å². The lowest BCUT2D eigenvalue weighted by molar-refractivity contribution is -0.870. The number of unbranched alkanes of at least 4 members (excludes halogenated alkanes) is 11. The summed E-state index contributed by atoms with van der Waals surface area (Å²) in [5.41, 5.74) is 0. The van der Waals surface area contributed by atoms with E-state index in [-0.39, 0.29) is 32.0 Å². The number of esters is 2. The van der Waals surface area contributed by atoms with Gasteiger partial charge >= 0.3 is 19.8 Å². The number of quaternary nitrogens is 1. The summed E-state index contributed by atoms with van der Waals surface area (Å²) in [5.74, 6) is -0.872. The molecule has 0 amide bonds. The molecule has 1 unspecified atom stereocenters. The Bertz CT molecular complexity index is 1080. The molecule has 0 aliphatic carbocycles. The van der Waals surface area contributed by atoms with Crippen molar-refractivity contribution in [1.82, 2.24) is 0 Å². The van der Waals surface area contributed by atoms with E-state index in [1.54, 1.807) is 0 Å². The number of allylic oxidation sites excluding steroid dienone is 10. The van der Waals surface area contributed by atoms with Crippen molar-refractivity contribution in [3.63, 3.8) is 0 Å². The molecule has 0 saturated carbocycles. The Labute approximate surface area is 317 Å². The van der Waals surface area contributed by atoms with Crippen LogP contribution in [0.25, 0.3) is 0 Å². The first-order chi connectivity index (χ1) is 25.0. The van der Waals surface area contributed by atoms with Gasteiger partial charge in [0, 0.05) is 12.8 Å². The third-order valence-electron chi connectivity index (χ3n) is 8.06. The molecule has 0 fully saturated rings. The van der Waals surface area contributed by atoms with Crippen molar-refractivity contribution in [2.24, 2.45) is 0 Å². The molecule has 0 aromatic carbocycles. The predicted molar refractivity (Wildman–Crippen MR) is 215 cm³/mol. The van der Waals surface area contributed by atoms with Crippen LogP contribution >= 0.6 is 7.82 Å². The molecule has 9 nitrogen and oxygen atoms in total. The van der Waals surface area contributed by atoms with Gasteiger partial charge in [0.15, 0.2) is 6.10 Å². The maximum absolute atomic E-state index is 12.6. The average molecular weight is 753 g/mol. The van der Waals surface area contributed by atoms with E-state index in [4.69, 9.17) is 18.5 Å². The Hall–Kier alpha value is -2.29. The minimum absolute atomic E-state index is 0.0193. The summed E-state index contributed by atoms with van der Waals surface area (Å²) in [6.45, 7) is 4.21. The highest BCUT2D eigenvalue weighted by molar-refractivity contribution is 7.47. The van der Waals surface area contributed by atoms with Gasteiger partial charge in [0.25, 0.3) is 0 Å². The molecule has 300 valence electrons. The summed E-state index contributed by atoms with van der Waals surface area (Å²) >= 11 is 0. The van der Waals surface area contributed by atoms with Crippen LogP contribution in [-0.4, -0.2) is 74.9 Å². The largest absolute Gasteiger partial charge is 0.472 e. The van der Waals surface area contributed by atoms with Crippen LogP contribution in [0.15, 0.2) is 60.8 Å². The van der Waals surface area contributed by atoms with Crippen LogP contribution < -0.4 is 0 Å². The van der Waals surface area contributed by atoms with Crippen molar-refractivity contribution < 1.29 is 42.1 Å². The molecule has 1 N–H and O–H groups in total. The number of carbonyl (C=O) groups is 2. The average Bonchev–Trinajstić information content (AvgIpc) is 3.09. The van der Waals surface area contributed by atoms with Gasteiger partial charge in [-0.15, -0.1) is 0 Å². The van der Waals surface area contributed by atoms with Crippen molar-refractivity contribution in [3.05, 3.63) is 60.8 Å². The predicted octanol–water partition coefficient (Wildman–Crippen LogP) is 10.9. The van der Waals surface area contributed by atoms with E-state index in [1.165, 1.54) is 51.4 Å². The third-order valence-corrected chi connectivity index (χ3v) is 9.05. The molecule has 0 heterocycles. The molecule has 0 saturated heterocycles. The topological polar surface area (TPSA) is 108 Å². The number of phosphoric ester groups is 1. The van der Waals surface area contributed by atoms with E-state index in [1.807, 2.05) is 27.2 Å². The highest BCUT2D eigenvalue weighted by Gasteiger charge is 2.27. The van der Waals surface area contributed by atoms with Crippen LogP contribution in [0.1, 0.15) is 142 Å². The van der Waals surface area contributed by atoms with E-state index in [2.05, 4.69) is 68.5 Å². The zero-order valence-electron chi connectivity index (χ0n) is 33.5. The van der Waals surface area contributed by atoms with E-state index < -0.39 is 26.5 Å². The van der Waals surface area contributed by atoms with Crippen LogP contribution in [0.3, 0.4) is 0 Å². The van der Waals surface area contributed by atoms with Crippen molar-refractivity contribution in [1.29, 1.82) is 0 Å². The lowest BCUT2D eigenvalue weighted by Crippen LogP contribution is -2.37. The Morgan fingerprint density at radius 1 is 0.615 bits per heavy atom. The van der Waals surface area contributed by atoms with Crippen LogP contribution in [0.4, 0.5) is 0 Å². The van der Waals surface area contributed by atoms with Crippen LogP contribution in [0.2, 0.25) is 0 Å². The van der Waals surface area contributed by atoms with Crippen LogP contribution in [-0.2, 0) is 32.7 Å². The second kappa shape index (κ2) is 34.5. The normalized spacial score (nSPS) is 14.3. The van der Waals surface area contributed by atoms with Crippen LogP contribution in [0.5, 0.6) is 0 Å². The van der Waals surface area contributed by atoms with Gasteiger partial charge in [-0.1, -0.05) is 139 Å². The van der Waals surface area contributed by atoms with Gasteiger partial charge in [0.05, 0.1) is 27.7 Å². The minimum Gasteiger partial charge on any atom is -0.462 e. The quantitative estimate of drug-likeness (QED) is 0.0224. The van der Waals surface area contributed by atoms with E-state index in [0.717, 1.165) is 51.4 Å². The Morgan fingerprint density at radius 3 is 1.62 bits per heavy atom. The van der Waals surface area contributed by atoms with E-state index in [0.29, 0.717) is 23.9 Å². The van der Waals surface area contributed by atoms with Crippen molar-refractivity contribution >= 4 is 19.8 Å². The van der Waals surface area contributed by atoms with Crippen molar-refractivity contribution in [3.8, 4) is 0 Å². The Balaban J connectivity index is 4.53. The summed E-state index contributed by atoms with van der Waals surface area (Å²) in [7, 11) is 1.43. The number of rotatable bonds is 35. The lowest BCUT2D eigenvalue weighted by atomic mass is 10.1. The molecular formula is C42H75NO8P+. The van der Waals surface area contributed by atoms with Gasteiger partial charge in [-0.05, 0) is 51.4 Å². The fourth-order valence-electron chi connectivity index (χ4n) is 4.93. The van der Waals surface area contributed by atoms with Crippen molar-refractivity contribution in [2.45, 2.75) is 148 Å². The number of hydrogen-bond acceptors (Lipinski definition) is 7. The van der Waals surface area contributed by atoms with Gasteiger partial charge < -0.3 is 18.9 Å². The smallest absolute Gasteiger partial charge is 0.462 e. The Morgan fingerprint density at radius 2 is 1.10 bits per heavy atom. The molecule has 52 heavy (non-hydrogen) atoms.